The van der Waals surface area contributed by atoms with E-state index in [4.69, 9.17) is 15.0 Å². The van der Waals surface area contributed by atoms with Gasteiger partial charge in [0.2, 0.25) is 59.2 Å². The highest BCUT2D eigenvalue weighted by atomic mass is 32.2. The average Bonchev–Trinajstić information content (AvgIpc) is 1.29. The molecule has 7 aliphatic rings. The van der Waals surface area contributed by atoms with Crippen LogP contribution in [0.5, 0.6) is 0 Å². The largest absolute Gasteiger partial charge is 0.359 e. The smallest absolute Gasteiger partial charge is 0.315 e. The number of anilines is 3. The Kier molecular flexibility index (Phi) is 27.9. The number of carbonyl (C=O) groups excluding carboxylic acids is 9. The van der Waals surface area contributed by atoms with Gasteiger partial charge in [0.15, 0.2) is 0 Å². The van der Waals surface area contributed by atoms with Crippen molar-refractivity contribution in [2.24, 2.45) is 5.92 Å². The number of nitrogens with zero attached hydrogens (tertiary/aromatic N) is 6. The number of hydrogen-bond acceptors (Lipinski definition) is 21. The highest BCUT2D eigenvalue weighted by molar-refractivity contribution is 8.00. The Bertz CT molecular complexity index is 2850. The standard InChI is InChI=1S/C58H95N17O15S4/c1-59-51(80)36-18-26-73(27-19-36)54-70-55(74-28-20-37(21-29-74)62-52(81)41(34-93(85,86)87)64-47(78)16-4-2-10-24-60-45(76)14-8-6-12-43-49-39(32-91-43)66-57(83)68-49)72-56(71-54)75-30-22-38(23-31-75)63-53(82)42(35-94(88,89)90)65-48(79)17-5-3-11-25-61-46(77)15-9-7-13-44-50-40(33-92-44)67-58(84)69-50/h36-44,49-50H,2-35H2,1H3,(H,59,80)(H,60,76)(H,61,77)(H,62,81)(H,63,82)(H,64,78)(H,65,79)(H2,66,68,83)(H2,67,69,84)(H,85,86,87)(H,88,89,90). The molecule has 1 aromatic rings. The molecule has 0 radical (unpaired) electrons. The van der Waals surface area contributed by atoms with Gasteiger partial charge in [-0.1, -0.05) is 25.7 Å². The molecule has 7 fully saturated rings. The van der Waals surface area contributed by atoms with E-state index in [9.17, 15) is 69.1 Å². The molecule has 8 heterocycles. The van der Waals surface area contributed by atoms with Crippen molar-refractivity contribution in [3.05, 3.63) is 0 Å². The molecule has 13 N–H and O–H groups in total. The van der Waals surface area contributed by atoms with E-state index in [-0.39, 0.29) is 72.7 Å². The maximum Gasteiger partial charge on any atom is 0.315 e. The lowest BCUT2D eigenvalue weighted by molar-refractivity contribution is -0.129. The minimum absolute atomic E-state index is 0.0167. The van der Waals surface area contributed by atoms with E-state index in [1.165, 1.54) is 0 Å². The van der Waals surface area contributed by atoms with Crippen molar-refractivity contribution < 1.29 is 69.1 Å². The second kappa shape index (κ2) is 35.7. The fraction of sp³-hybridized carbons (Fsp3) is 0.793. The summed E-state index contributed by atoms with van der Waals surface area (Å²) < 4.78 is 67.8. The van der Waals surface area contributed by atoms with Crippen LogP contribution in [0, 0.1) is 5.92 Å². The zero-order valence-corrected chi connectivity index (χ0v) is 56.7. The molecule has 94 heavy (non-hydrogen) atoms. The number of nitrogens with one attached hydrogen (secondary N) is 11. The first-order valence-electron chi connectivity index (χ1n) is 33.2. The van der Waals surface area contributed by atoms with Gasteiger partial charge in [-0.2, -0.15) is 55.3 Å². The Morgan fingerprint density at radius 2 is 0.872 bits per heavy atom. The van der Waals surface area contributed by atoms with Crippen LogP contribution >= 0.6 is 23.5 Å². The predicted octanol–water partition coefficient (Wildman–Crippen LogP) is -0.446. The number of piperidine rings is 3. The van der Waals surface area contributed by atoms with E-state index in [1.807, 2.05) is 38.2 Å². The first kappa shape index (κ1) is 73.6. The van der Waals surface area contributed by atoms with Crippen molar-refractivity contribution >= 4 is 115 Å². The molecule has 7 saturated heterocycles. The van der Waals surface area contributed by atoms with E-state index >= 15 is 0 Å². The molecule has 0 spiro atoms. The summed E-state index contributed by atoms with van der Waals surface area (Å²) in [6, 6.07) is -3.71. The Labute approximate surface area is 557 Å². The van der Waals surface area contributed by atoms with Gasteiger partial charge in [0, 0.05) is 125 Å². The summed E-state index contributed by atoms with van der Waals surface area (Å²) >= 11 is 3.67. The molecular weight excluding hydrogens is 1300 g/mol. The third-order valence-corrected chi connectivity index (χ3v) is 22.8. The van der Waals surface area contributed by atoms with Crippen molar-refractivity contribution in [1.29, 1.82) is 0 Å². The quantitative estimate of drug-likeness (QED) is 0.0230. The van der Waals surface area contributed by atoms with Gasteiger partial charge < -0.3 is 73.2 Å². The van der Waals surface area contributed by atoms with Crippen LogP contribution in [0.25, 0.3) is 0 Å². The zero-order chi connectivity index (χ0) is 67.4. The molecule has 32 nitrogen and oxygen atoms in total. The number of hydrogen-bond donors (Lipinski definition) is 13. The number of urea groups is 2. The van der Waals surface area contributed by atoms with Crippen LogP contribution in [0.15, 0.2) is 0 Å². The summed E-state index contributed by atoms with van der Waals surface area (Å²) in [6.45, 7) is 3.22. The topological polar surface area (TPSA) is 443 Å². The maximum absolute atomic E-state index is 13.6. The van der Waals surface area contributed by atoms with E-state index in [2.05, 4.69) is 58.5 Å². The Morgan fingerprint density at radius 3 is 1.24 bits per heavy atom. The summed E-state index contributed by atoms with van der Waals surface area (Å²) in [6.07, 6.45) is 11.5. The number of rotatable bonds is 36. The summed E-state index contributed by atoms with van der Waals surface area (Å²) in [5.41, 5.74) is 0. The lowest BCUT2D eigenvalue weighted by Gasteiger charge is -2.36. The SMILES string of the molecule is CNC(=O)C1CCN(c2nc(N3CCC(NC(=O)C(CS(=O)(=O)O)NC(=O)CCCCCNC(=O)CCCCC4SCC5NC(=O)NC54)CC3)nc(N3CCC(NC(=O)C(CS(=O)(=O)O)NC(=O)CCCCCNC(=O)CCCCC4SCC5NC(=O)NC54)CC3)n2)CC1. The van der Waals surface area contributed by atoms with Gasteiger partial charge in [-0.05, 0) is 89.9 Å². The molecule has 8 atom stereocenters. The number of carbonyl (C=O) groups is 9. The first-order chi connectivity index (χ1) is 44.9. The lowest BCUT2D eigenvalue weighted by Crippen LogP contribution is -2.54. The molecule has 0 aromatic carbocycles. The van der Waals surface area contributed by atoms with Crippen LogP contribution in [0.2, 0.25) is 0 Å². The highest BCUT2D eigenvalue weighted by Crippen LogP contribution is 2.35. The molecule has 8 rings (SSSR count). The fourth-order valence-electron chi connectivity index (χ4n) is 13.0. The van der Waals surface area contributed by atoms with Crippen molar-refractivity contribution in [2.45, 2.75) is 200 Å². The number of fused-ring (bicyclic) bond motifs is 2. The van der Waals surface area contributed by atoms with Crippen molar-refractivity contribution in [2.75, 3.05) is 97.1 Å². The molecule has 1 aromatic heterocycles. The molecule has 7 aliphatic heterocycles. The number of unbranched alkanes of at least 4 members (excludes halogenated alkanes) is 6. The summed E-state index contributed by atoms with van der Waals surface area (Å²) in [5.74, 6) is -2.27. The van der Waals surface area contributed by atoms with E-state index in [0.29, 0.717) is 171 Å². The molecule has 0 bridgehead atoms. The van der Waals surface area contributed by atoms with Crippen LogP contribution in [-0.4, -0.2) is 236 Å². The normalized spacial score (nSPS) is 23.2. The van der Waals surface area contributed by atoms with E-state index in [0.717, 1.165) is 50.0 Å². The Morgan fingerprint density at radius 1 is 0.511 bits per heavy atom. The van der Waals surface area contributed by atoms with Gasteiger partial charge in [-0.3, -0.25) is 42.7 Å². The van der Waals surface area contributed by atoms with Crippen LogP contribution < -0.4 is 73.2 Å². The summed E-state index contributed by atoms with van der Waals surface area (Å²) in [4.78, 5) is 135. The van der Waals surface area contributed by atoms with Gasteiger partial charge in [0.05, 0.1) is 24.2 Å². The number of thioether (sulfide) groups is 2. The molecule has 8 unspecified atom stereocenters. The van der Waals surface area contributed by atoms with Gasteiger partial charge in [-0.25, -0.2) is 9.59 Å². The second-order valence-electron chi connectivity index (χ2n) is 25.4. The van der Waals surface area contributed by atoms with Crippen molar-refractivity contribution in [1.82, 2.24) is 73.4 Å². The van der Waals surface area contributed by atoms with Crippen LogP contribution in [-0.2, 0) is 53.8 Å². The Hall–Kier alpha value is -6.24. The number of amides is 11. The van der Waals surface area contributed by atoms with Gasteiger partial charge in [0.1, 0.15) is 23.6 Å². The van der Waals surface area contributed by atoms with Crippen LogP contribution in [0.1, 0.15) is 141 Å². The van der Waals surface area contributed by atoms with Gasteiger partial charge in [0.25, 0.3) is 20.2 Å². The monoisotopic (exact) mass is 1400 g/mol. The summed E-state index contributed by atoms with van der Waals surface area (Å²) in [7, 11) is -7.79. The number of aromatic nitrogens is 3. The third-order valence-electron chi connectivity index (χ3n) is 18.3. The van der Waals surface area contributed by atoms with Crippen molar-refractivity contribution in [3.8, 4) is 0 Å². The minimum Gasteiger partial charge on any atom is -0.359 e. The van der Waals surface area contributed by atoms with E-state index < -0.39 is 79.5 Å². The lowest BCUT2D eigenvalue weighted by atomic mass is 9.96. The molecule has 11 amide bonds. The van der Waals surface area contributed by atoms with Crippen LogP contribution in [0.4, 0.5) is 27.4 Å². The van der Waals surface area contributed by atoms with Gasteiger partial charge >= 0.3 is 12.1 Å². The fourth-order valence-corrected chi connectivity index (χ4v) is 17.4. The third kappa shape index (κ3) is 23.5. The molecular formula is C58H95N17O15S4. The maximum atomic E-state index is 13.6. The van der Waals surface area contributed by atoms with Gasteiger partial charge in [-0.15, -0.1) is 0 Å². The molecule has 0 saturated carbocycles. The molecule has 526 valence electrons. The molecule has 36 heteroatoms. The Balaban J connectivity index is 0.752. The second-order valence-corrected chi connectivity index (χ2v) is 31.0. The van der Waals surface area contributed by atoms with Crippen molar-refractivity contribution in [3.63, 3.8) is 0 Å². The highest BCUT2D eigenvalue weighted by Gasteiger charge is 2.44. The molecule has 0 aliphatic carbocycles. The summed E-state index contributed by atoms with van der Waals surface area (Å²) in [5, 5.41) is 31.7. The average molecular weight is 1400 g/mol. The van der Waals surface area contributed by atoms with Crippen LogP contribution in [0.3, 0.4) is 0 Å². The zero-order valence-electron chi connectivity index (χ0n) is 53.4. The van der Waals surface area contributed by atoms with E-state index in [1.54, 1.807) is 7.05 Å². The minimum atomic E-state index is -4.70. The predicted molar refractivity (Wildman–Crippen MR) is 353 cm³/mol. The first-order valence-corrected chi connectivity index (χ1v) is 38.5.